The van der Waals surface area contributed by atoms with E-state index in [0.29, 0.717) is 29.9 Å². The van der Waals surface area contributed by atoms with Gasteiger partial charge in [0.2, 0.25) is 5.95 Å². The zero-order valence-corrected chi connectivity index (χ0v) is 11.1. The van der Waals surface area contributed by atoms with E-state index in [4.69, 9.17) is 4.74 Å². The van der Waals surface area contributed by atoms with Crippen LogP contribution in [0.4, 0.5) is 5.95 Å². The van der Waals surface area contributed by atoms with Crippen molar-refractivity contribution in [3.63, 3.8) is 0 Å². The Morgan fingerprint density at radius 1 is 1.56 bits per heavy atom. The van der Waals surface area contributed by atoms with Crippen molar-refractivity contribution in [2.45, 2.75) is 39.7 Å². The van der Waals surface area contributed by atoms with E-state index in [1.165, 1.54) is 19.0 Å². The minimum absolute atomic E-state index is 0.360. The maximum atomic E-state index is 11.6. The molecular weight excluding hydrogens is 230 g/mol. The van der Waals surface area contributed by atoms with E-state index in [9.17, 15) is 4.79 Å². The molecule has 0 radical (unpaired) electrons. The summed E-state index contributed by atoms with van der Waals surface area (Å²) in [6, 6.07) is 0.489. The lowest BCUT2D eigenvalue weighted by Gasteiger charge is -2.07. The molecule has 5 heteroatoms. The number of carbonyl (C=O) groups is 1. The van der Waals surface area contributed by atoms with Gasteiger partial charge in [-0.15, -0.1) is 0 Å². The molecular formula is C13H19N3O2. The molecule has 1 aromatic rings. The van der Waals surface area contributed by atoms with Crippen molar-refractivity contribution in [2.75, 3.05) is 11.9 Å². The molecule has 1 N–H and O–H groups in total. The summed E-state index contributed by atoms with van der Waals surface area (Å²) in [4.78, 5) is 20.1. The third-order valence-corrected chi connectivity index (χ3v) is 3.24. The average molecular weight is 249 g/mol. The van der Waals surface area contributed by atoms with Gasteiger partial charge in [-0.2, -0.15) is 0 Å². The van der Waals surface area contributed by atoms with Crippen LogP contribution in [0.1, 0.15) is 42.7 Å². The Kier molecular flexibility index (Phi) is 3.79. The zero-order chi connectivity index (χ0) is 13.1. The Balaban J connectivity index is 2.03. The molecule has 0 bridgehead atoms. The van der Waals surface area contributed by atoms with Crippen LogP contribution in [0, 0.1) is 12.8 Å². The summed E-state index contributed by atoms with van der Waals surface area (Å²) in [7, 11) is 0. The number of rotatable bonds is 5. The van der Waals surface area contributed by atoms with Gasteiger partial charge in [0.1, 0.15) is 0 Å². The van der Waals surface area contributed by atoms with E-state index in [2.05, 4.69) is 22.2 Å². The summed E-state index contributed by atoms with van der Waals surface area (Å²) in [6.45, 7) is 6.12. The Morgan fingerprint density at radius 2 is 2.33 bits per heavy atom. The molecule has 2 rings (SSSR count). The number of nitrogens with one attached hydrogen (secondary N) is 1. The second-order valence-corrected chi connectivity index (χ2v) is 4.57. The highest BCUT2D eigenvalue weighted by Crippen LogP contribution is 2.35. The van der Waals surface area contributed by atoms with E-state index in [1.54, 1.807) is 13.8 Å². The predicted molar refractivity (Wildman–Crippen MR) is 68.5 cm³/mol. The fraction of sp³-hybridized carbons (Fsp3) is 0.615. The minimum Gasteiger partial charge on any atom is -0.462 e. The van der Waals surface area contributed by atoms with Crippen LogP contribution in [-0.4, -0.2) is 28.6 Å². The van der Waals surface area contributed by atoms with Gasteiger partial charge in [-0.3, -0.25) is 0 Å². The van der Waals surface area contributed by atoms with Gasteiger partial charge in [0.25, 0.3) is 0 Å². The van der Waals surface area contributed by atoms with E-state index < -0.39 is 0 Å². The smallest absolute Gasteiger partial charge is 0.341 e. The first-order chi connectivity index (χ1) is 8.65. The summed E-state index contributed by atoms with van der Waals surface area (Å²) >= 11 is 0. The van der Waals surface area contributed by atoms with E-state index in [0.717, 1.165) is 5.92 Å². The SMILES string of the molecule is CCOC(=O)c1cnc(NC2CC2CC)nc1C. The maximum absolute atomic E-state index is 11.6. The van der Waals surface area contributed by atoms with Crippen molar-refractivity contribution in [3.05, 3.63) is 17.5 Å². The van der Waals surface area contributed by atoms with Crippen LogP contribution in [0.15, 0.2) is 6.20 Å². The largest absolute Gasteiger partial charge is 0.462 e. The molecule has 0 amide bonds. The number of hydrogen-bond acceptors (Lipinski definition) is 5. The number of carbonyl (C=O) groups excluding carboxylic acids is 1. The summed E-state index contributed by atoms with van der Waals surface area (Å²) in [5.74, 6) is 0.972. The minimum atomic E-state index is -0.362. The van der Waals surface area contributed by atoms with Crippen molar-refractivity contribution in [2.24, 2.45) is 5.92 Å². The summed E-state index contributed by atoms with van der Waals surface area (Å²) in [6.07, 6.45) is 3.89. The number of nitrogens with zero attached hydrogens (tertiary/aromatic N) is 2. The molecule has 18 heavy (non-hydrogen) atoms. The molecule has 1 aliphatic carbocycles. The normalized spacial score (nSPS) is 21.5. The Bertz CT molecular complexity index is 448. The van der Waals surface area contributed by atoms with Gasteiger partial charge in [-0.25, -0.2) is 14.8 Å². The molecule has 0 aliphatic heterocycles. The average Bonchev–Trinajstić information content (AvgIpc) is 3.08. The first-order valence-electron chi connectivity index (χ1n) is 6.43. The lowest BCUT2D eigenvalue weighted by atomic mass is 10.2. The van der Waals surface area contributed by atoms with Crippen molar-refractivity contribution >= 4 is 11.9 Å². The highest BCUT2D eigenvalue weighted by atomic mass is 16.5. The van der Waals surface area contributed by atoms with Gasteiger partial charge >= 0.3 is 5.97 Å². The number of aryl methyl sites for hydroxylation is 1. The summed E-state index contributed by atoms with van der Waals surface area (Å²) in [5.41, 5.74) is 1.09. The van der Waals surface area contributed by atoms with E-state index >= 15 is 0 Å². The van der Waals surface area contributed by atoms with Crippen LogP contribution < -0.4 is 5.32 Å². The maximum Gasteiger partial charge on any atom is 0.341 e. The Hall–Kier alpha value is -1.65. The molecule has 1 aliphatic rings. The van der Waals surface area contributed by atoms with Crippen molar-refractivity contribution in [1.82, 2.24) is 9.97 Å². The van der Waals surface area contributed by atoms with Crippen molar-refractivity contribution in [3.8, 4) is 0 Å². The predicted octanol–water partition coefficient (Wildman–Crippen LogP) is 2.17. The summed E-state index contributed by atoms with van der Waals surface area (Å²) in [5, 5.41) is 3.28. The lowest BCUT2D eigenvalue weighted by molar-refractivity contribution is 0.0524. The second-order valence-electron chi connectivity index (χ2n) is 4.57. The van der Waals surface area contributed by atoms with Crippen LogP contribution in [0.3, 0.4) is 0 Å². The zero-order valence-electron chi connectivity index (χ0n) is 11.1. The number of hydrogen-bond donors (Lipinski definition) is 1. The number of anilines is 1. The molecule has 1 aromatic heterocycles. The van der Waals surface area contributed by atoms with Gasteiger partial charge < -0.3 is 10.1 Å². The Labute approximate surface area is 107 Å². The van der Waals surface area contributed by atoms with Gasteiger partial charge in [-0.1, -0.05) is 13.3 Å². The molecule has 98 valence electrons. The van der Waals surface area contributed by atoms with Gasteiger partial charge in [-0.05, 0) is 26.2 Å². The molecule has 5 nitrogen and oxygen atoms in total. The number of ether oxygens (including phenoxy) is 1. The van der Waals surface area contributed by atoms with Crippen LogP contribution in [0.5, 0.6) is 0 Å². The molecule has 0 saturated heterocycles. The molecule has 0 spiro atoms. The van der Waals surface area contributed by atoms with Gasteiger partial charge in [0.05, 0.1) is 17.9 Å². The molecule has 2 unspecified atom stereocenters. The van der Waals surface area contributed by atoms with E-state index in [-0.39, 0.29) is 5.97 Å². The molecule has 1 heterocycles. The van der Waals surface area contributed by atoms with Gasteiger partial charge in [0.15, 0.2) is 0 Å². The highest BCUT2D eigenvalue weighted by Gasteiger charge is 2.35. The second kappa shape index (κ2) is 5.33. The monoisotopic (exact) mass is 249 g/mol. The van der Waals surface area contributed by atoms with Crippen LogP contribution in [0.25, 0.3) is 0 Å². The number of aromatic nitrogens is 2. The van der Waals surface area contributed by atoms with Crippen LogP contribution in [0.2, 0.25) is 0 Å². The fourth-order valence-electron chi connectivity index (χ4n) is 1.99. The summed E-state index contributed by atoms with van der Waals surface area (Å²) < 4.78 is 4.94. The topological polar surface area (TPSA) is 64.1 Å². The quantitative estimate of drug-likeness (QED) is 0.810. The first kappa shape index (κ1) is 12.8. The highest BCUT2D eigenvalue weighted by molar-refractivity contribution is 5.90. The number of esters is 1. The van der Waals surface area contributed by atoms with Crippen molar-refractivity contribution < 1.29 is 9.53 Å². The third kappa shape index (κ3) is 2.78. The molecule has 0 aromatic carbocycles. The van der Waals surface area contributed by atoms with Crippen LogP contribution in [-0.2, 0) is 4.74 Å². The fourth-order valence-corrected chi connectivity index (χ4v) is 1.99. The third-order valence-electron chi connectivity index (χ3n) is 3.24. The first-order valence-corrected chi connectivity index (χ1v) is 6.43. The standard InChI is InChI=1S/C13H19N3O2/c1-4-9-6-11(9)16-13-14-7-10(8(3)15-13)12(17)18-5-2/h7,9,11H,4-6H2,1-3H3,(H,14,15,16). The lowest BCUT2D eigenvalue weighted by Crippen LogP contribution is -2.12. The van der Waals surface area contributed by atoms with Crippen molar-refractivity contribution in [1.29, 1.82) is 0 Å². The Morgan fingerprint density at radius 3 is 2.89 bits per heavy atom. The molecule has 2 atom stereocenters. The van der Waals surface area contributed by atoms with Gasteiger partial charge in [0, 0.05) is 12.2 Å². The van der Waals surface area contributed by atoms with E-state index in [1.807, 2.05) is 0 Å². The molecule has 1 saturated carbocycles. The van der Waals surface area contributed by atoms with Crippen LogP contribution >= 0.6 is 0 Å². The molecule has 1 fully saturated rings.